The van der Waals surface area contributed by atoms with E-state index in [-0.39, 0.29) is 4.75 Å². The number of halogens is 2. The van der Waals surface area contributed by atoms with Crippen molar-refractivity contribution in [3.63, 3.8) is 0 Å². The summed E-state index contributed by atoms with van der Waals surface area (Å²) >= 11 is 12.0. The van der Waals surface area contributed by atoms with Crippen molar-refractivity contribution in [1.29, 1.82) is 0 Å². The normalized spacial score (nSPS) is 30.9. The van der Waals surface area contributed by atoms with Gasteiger partial charge in [0.1, 0.15) is 0 Å². The minimum Gasteiger partial charge on any atom is -0.164 e. The molecule has 0 bridgehead atoms. The highest BCUT2D eigenvalue weighted by molar-refractivity contribution is 9.12. The second-order valence-electron chi connectivity index (χ2n) is 5.00. The van der Waals surface area contributed by atoms with Crippen LogP contribution in [0.15, 0.2) is 68.7 Å². The second kappa shape index (κ2) is 6.02. The van der Waals surface area contributed by atoms with Gasteiger partial charge in [-0.2, -0.15) is 12.6 Å². The van der Waals surface area contributed by atoms with Crippen molar-refractivity contribution in [1.82, 2.24) is 0 Å². The summed E-state index contributed by atoms with van der Waals surface area (Å²) < 4.78 is 1.94. The summed E-state index contributed by atoms with van der Waals surface area (Å²) in [5.74, 6) is 0.428. The van der Waals surface area contributed by atoms with Crippen molar-refractivity contribution >= 4 is 44.5 Å². The van der Waals surface area contributed by atoms with E-state index in [9.17, 15) is 0 Å². The molecular formula is C16H16Br2S. The first-order valence-corrected chi connectivity index (χ1v) is 8.19. The predicted molar refractivity (Wildman–Crippen MR) is 95.0 cm³/mol. The Labute approximate surface area is 137 Å². The molecule has 2 atom stereocenters. The summed E-state index contributed by atoms with van der Waals surface area (Å²) in [4.78, 5) is 0. The van der Waals surface area contributed by atoms with Gasteiger partial charge in [0, 0.05) is 13.7 Å². The van der Waals surface area contributed by atoms with Gasteiger partial charge in [-0.15, -0.1) is 0 Å². The third-order valence-electron chi connectivity index (χ3n) is 3.00. The molecule has 0 aliphatic heterocycles. The summed E-state index contributed by atoms with van der Waals surface area (Å²) in [5.41, 5.74) is 2.33. The molecule has 2 rings (SSSR count). The highest BCUT2D eigenvalue weighted by Gasteiger charge is 2.20. The van der Waals surface area contributed by atoms with Crippen molar-refractivity contribution in [3.8, 4) is 0 Å². The molecule has 2 aliphatic carbocycles. The van der Waals surface area contributed by atoms with Crippen LogP contribution in [0.3, 0.4) is 0 Å². The number of allylic oxidation sites excluding steroid dienone is 10. The topological polar surface area (TPSA) is 0 Å². The molecule has 0 aromatic rings. The summed E-state index contributed by atoms with van der Waals surface area (Å²) in [6.07, 6.45) is 17.0. The lowest BCUT2D eigenvalue weighted by Gasteiger charge is -2.17. The van der Waals surface area contributed by atoms with Crippen LogP contribution in [0.25, 0.3) is 0 Å². The summed E-state index contributed by atoms with van der Waals surface area (Å²) in [7, 11) is 0. The van der Waals surface area contributed by atoms with Crippen LogP contribution in [0.5, 0.6) is 0 Å². The highest BCUT2D eigenvalue weighted by atomic mass is 79.9. The average molecular weight is 400 g/mol. The Balaban J connectivity index is 2.51. The largest absolute Gasteiger partial charge is 0.164 e. The van der Waals surface area contributed by atoms with E-state index in [1.54, 1.807) is 0 Å². The molecule has 0 spiro atoms. The molecule has 2 aliphatic rings. The molecule has 0 aromatic carbocycles. The molecule has 0 radical (unpaired) electrons. The fourth-order valence-electron chi connectivity index (χ4n) is 2.03. The van der Waals surface area contributed by atoms with Crippen LogP contribution < -0.4 is 0 Å². The Bertz CT molecular complexity index is 557. The minimum atomic E-state index is -0.253. The maximum atomic E-state index is 4.68. The molecule has 3 heteroatoms. The molecule has 19 heavy (non-hydrogen) atoms. The van der Waals surface area contributed by atoms with Crippen LogP contribution in [-0.4, -0.2) is 4.75 Å². The Morgan fingerprint density at radius 3 is 2.58 bits per heavy atom. The van der Waals surface area contributed by atoms with Gasteiger partial charge in [0.25, 0.3) is 0 Å². The molecule has 0 saturated heterocycles. The van der Waals surface area contributed by atoms with Crippen molar-refractivity contribution in [3.05, 3.63) is 68.7 Å². The van der Waals surface area contributed by atoms with Gasteiger partial charge in [-0.1, -0.05) is 81.3 Å². The van der Waals surface area contributed by atoms with Crippen molar-refractivity contribution in [2.24, 2.45) is 5.92 Å². The first-order chi connectivity index (χ1) is 8.89. The van der Waals surface area contributed by atoms with Crippen LogP contribution in [0.1, 0.15) is 13.8 Å². The Morgan fingerprint density at radius 2 is 1.84 bits per heavy atom. The van der Waals surface area contributed by atoms with E-state index in [4.69, 9.17) is 0 Å². The molecule has 100 valence electrons. The van der Waals surface area contributed by atoms with Crippen LogP contribution >= 0.6 is 44.5 Å². The van der Waals surface area contributed by atoms with Crippen LogP contribution in [0.4, 0.5) is 0 Å². The molecule has 0 amide bonds. The molecule has 0 N–H and O–H groups in total. The third-order valence-corrected chi connectivity index (χ3v) is 4.67. The lowest BCUT2D eigenvalue weighted by molar-refractivity contribution is 0.940. The zero-order valence-corrected chi connectivity index (χ0v) is 15.0. The number of thiol groups is 1. The van der Waals surface area contributed by atoms with E-state index in [2.05, 4.69) is 101 Å². The number of rotatable bonds is 1. The van der Waals surface area contributed by atoms with E-state index >= 15 is 0 Å². The van der Waals surface area contributed by atoms with Gasteiger partial charge < -0.3 is 0 Å². The van der Waals surface area contributed by atoms with E-state index in [1.807, 2.05) is 6.08 Å². The lowest BCUT2D eigenvalue weighted by atomic mass is 10.00. The first-order valence-electron chi connectivity index (χ1n) is 6.16. The average Bonchev–Trinajstić information content (AvgIpc) is 2.54. The van der Waals surface area contributed by atoms with Crippen LogP contribution in [-0.2, 0) is 0 Å². The standard InChI is InChI=1S/C16H16Br2S/c1-11-5-3-6-12(15(18)9-11)13-10-16(2,19)8-4-7-14(13)17/h3-11,19H,1-2H3. The summed E-state index contributed by atoms with van der Waals surface area (Å²) in [6.45, 7) is 4.25. The van der Waals surface area contributed by atoms with Crippen LogP contribution in [0, 0.1) is 5.92 Å². The van der Waals surface area contributed by atoms with E-state index in [0.717, 1.165) is 14.5 Å². The minimum absolute atomic E-state index is 0.253. The van der Waals surface area contributed by atoms with Gasteiger partial charge in [-0.3, -0.25) is 0 Å². The SMILES string of the molecule is CC1C=CC=C(C2=CC(C)(S)C=CC=C2Br)C(Br)=C1. The molecular weight excluding hydrogens is 384 g/mol. The Kier molecular flexibility index (Phi) is 4.80. The van der Waals surface area contributed by atoms with Gasteiger partial charge >= 0.3 is 0 Å². The van der Waals surface area contributed by atoms with Crippen molar-refractivity contribution < 1.29 is 0 Å². The van der Waals surface area contributed by atoms with Gasteiger partial charge in [0.15, 0.2) is 0 Å². The lowest BCUT2D eigenvalue weighted by Crippen LogP contribution is -2.09. The maximum Gasteiger partial charge on any atom is 0.0472 e. The summed E-state index contributed by atoms with van der Waals surface area (Å²) in [6, 6.07) is 0. The Hall–Kier alpha value is -0.250. The zero-order chi connectivity index (χ0) is 14.0. The molecule has 0 heterocycles. The summed E-state index contributed by atoms with van der Waals surface area (Å²) in [5, 5.41) is 0. The molecule has 0 fully saturated rings. The van der Waals surface area contributed by atoms with Gasteiger partial charge in [0.2, 0.25) is 0 Å². The van der Waals surface area contributed by atoms with E-state index < -0.39 is 0 Å². The Morgan fingerprint density at radius 1 is 1.11 bits per heavy atom. The second-order valence-corrected chi connectivity index (χ2v) is 7.67. The number of hydrogen-bond acceptors (Lipinski definition) is 1. The van der Waals surface area contributed by atoms with E-state index in [1.165, 1.54) is 5.57 Å². The zero-order valence-electron chi connectivity index (χ0n) is 10.9. The van der Waals surface area contributed by atoms with Crippen molar-refractivity contribution in [2.45, 2.75) is 18.6 Å². The van der Waals surface area contributed by atoms with Crippen LogP contribution in [0.2, 0.25) is 0 Å². The molecule has 0 saturated carbocycles. The van der Waals surface area contributed by atoms with Crippen molar-refractivity contribution in [2.75, 3.05) is 0 Å². The van der Waals surface area contributed by atoms with E-state index in [0.29, 0.717) is 5.92 Å². The fourth-order valence-corrected chi connectivity index (χ4v) is 3.49. The van der Waals surface area contributed by atoms with Gasteiger partial charge in [-0.25, -0.2) is 0 Å². The van der Waals surface area contributed by atoms with Gasteiger partial charge in [-0.05, 0) is 30.1 Å². The maximum absolute atomic E-state index is 4.68. The fraction of sp³-hybridized carbons (Fsp3) is 0.250. The molecule has 0 nitrogen and oxygen atoms in total. The first kappa shape index (κ1) is 15.1. The number of hydrogen-bond donors (Lipinski definition) is 1. The highest BCUT2D eigenvalue weighted by Crippen LogP contribution is 2.38. The molecule has 0 aromatic heterocycles. The smallest absolute Gasteiger partial charge is 0.0472 e. The third kappa shape index (κ3) is 3.87. The van der Waals surface area contributed by atoms with Gasteiger partial charge in [0.05, 0.1) is 0 Å². The predicted octanol–water partition coefficient (Wildman–Crippen LogP) is 5.86. The molecule has 2 unspecified atom stereocenters. The quantitative estimate of drug-likeness (QED) is 0.524. The monoisotopic (exact) mass is 398 g/mol.